The molecule has 0 N–H and O–H groups in total. The molecule has 0 bridgehead atoms. The van der Waals surface area contributed by atoms with E-state index in [9.17, 15) is 8.42 Å². The van der Waals surface area contributed by atoms with Gasteiger partial charge in [0.05, 0.1) is 6.61 Å². The quantitative estimate of drug-likeness (QED) is 0.744. The third kappa shape index (κ3) is 4.36. The average Bonchev–Trinajstić information content (AvgIpc) is 2.37. The Morgan fingerprint density at radius 1 is 1.26 bits per heavy atom. The highest BCUT2D eigenvalue weighted by Gasteiger charge is 2.19. The first-order chi connectivity index (χ1) is 8.97. The summed E-state index contributed by atoms with van der Waals surface area (Å²) in [6.07, 6.45) is 6.05. The van der Waals surface area contributed by atoms with Crippen LogP contribution in [-0.4, -0.2) is 15.0 Å². The zero-order valence-electron chi connectivity index (χ0n) is 10.4. The van der Waals surface area contributed by atoms with Crippen LogP contribution in [0.1, 0.15) is 32.1 Å². The highest BCUT2D eigenvalue weighted by molar-refractivity contribution is 9.10. The predicted octanol–water partition coefficient (Wildman–Crippen LogP) is 4.34. The molecule has 0 amide bonds. The molecule has 0 heterocycles. The van der Waals surface area contributed by atoms with Crippen LogP contribution in [0.2, 0.25) is 0 Å². The van der Waals surface area contributed by atoms with E-state index in [0.29, 0.717) is 22.7 Å². The minimum absolute atomic E-state index is 0.0272. The van der Waals surface area contributed by atoms with Gasteiger partial charge in [0.2, 0.25) is 0 Å². The maximum Gasteiger partial charge on any atom is 0.265 e. The van der Waals surface area contributed by atoms with Gasteiger partial charge in [-0.25, -0.2) is 8.42 Å². The Morgan fingerprint density at radius 2 is 1.95 bits per heavy atom. The molecule has 2 rings (SSSR count). The molecule has 3 nitrogen and oxygen atoms in total. The smallest absolute Gasteiger partial charge is 0.265 e. The summed E-state index contributed by atoms with van der Waals surface area (Å²) in [4.78, 5) is 0.0272. The number of rotatable bonds is 4. The standard InChI is InChI=1S/C13H16BrClO3S/c14-11-6-7-12(13(8-11)19(15,16)17)18-9-10-4-2-1-3-5-10/h6-8,10H,1-5,9H2. The van der Waals surface area contributed by atoms with Gasteiger partial charge in [-0.15, -0.1) is 0 Å². The lowest BCUT2D eigenvalue weighted by Gasteiger charge is -2.22. The third-order valence-electron chi connectivity index (χ3n) is 3.37. The Balaban J connectivity index is 2.11. The molecule has 1 aromatic carbocycles. The van der Waals surface area contributed by atoms with Crippen LogP contribution < -0.4 is 4.74 Å². The van der Waals surface area contributed by atoms with Gasteiger partial charge < -0.3 is 4.74 Å². The van der Waals surface area contributed by atoms with E-state index in [-0.39, 0.29) is 4.90 Å². The summed E-state index contributed by atoms with van der Waals surface area (Å²) in [6.45, 7) is 0.557. The van der Waals surface area contributed by atoms with E-state index in [0.717, 1.165) is 12.8 Å². The van der Waals surface area contributed by atoms with E-state index in [4.69, 9.17) is 15.4 Å². The van der Waals surface area contributed by atoms with Crippen molar-refractivity contribution in [2.45, 2.75) is 37.0 Å². The normalized spacial score (nSPS) is 17.4. The zero-order chi connectivity index (χ0) is 13.9. The largest absolute Gasteiger partial charge is 0.492 e. The summed E-state index contributed by atoms with van der Waals surface area (Å²) < 4.78 is 29.4. The van der Waals surface area contributed by atoms with E-state index in [1.165, 1.54) is 25.3 Å². The van der Waals surface area contributed by atoms with Crippen LogP contribution in [0.4, 0.5) is 0 Å². The minimum Gasteiger partial charge on any atom is -0.492 e. The Bertz CT molecular complexity index is 539. The lowest BCUT2D eigenvalue weighted by molar-refractivity contribution is 0.205. The fraction of sp³-hybridized carbons (Fsp3) is 0.538. The third-order valence-corrected chi connectivity index (χ3v) is 5.20. The Morgan fingerprint density at radius 3 is 2.58 bits per heavy atom. The highest BCUT2D eigenvalue weighted by Crippen LogP contribution is 2.31. The zero-order valence-corrected chi connectivity index (χ0v) is 13.6. The summed E-state index contributed by atoms with van der Waals surface area (Å²) in [5.41, 5.74) is 0. The van der Waals surface area contributed by atoms with Crippen molar-refractivity contribution in [1.82, 2.24) is 0 Å². The van der Waals surface area contributed by atoms with E-state index in [1.54, 1.807) is 12.1 Å². The maximum absolute atomic E-state index is 11.5. The fourth-order valence-corrected chi connectivity index (χ4v) is 3.86. The second-order valence-electron chi connectivity index (χ2n) is 4.84. The van der Waals surface area contributed by atoms with Gasteiger partial charge in [-0.2, -0.15) is 0 Å². The van der Waals surface area contributed by atoms with Crippen molar-refractivity contribution >= 4 is 35.7 Å². The van der Waals surface area contributed by atoms with E-state index in [1.807, 2.05) is 0 Å². The molecule has 0 atom stereocenters. The lowest BCUT2D eigenvalue weighted by Crippen LogP contribution is -2.16. The van der Waals surface area contributed by atoms with E-state index >= 15 is 0 Å². The minimum atomic E-state index is -3.79. The van der Waals surface area contributed by atoms with Crippen LogP contribution in [0.15, 0.2) is 27.6 Å². The van der Waals surface area contributed by atoms with Gasteiger partial charge in [0.15, 0.2) is 0 Å². The van der Waals surface area contributed by atoms with Crippen molar-refractivity contribution < 1.29 is 13.2 Å². The molecule has 1 saturated carbocycles. The monoisotopic (exact) mass is 366 g/mol. The molecule has 0 saturated heterocycles. The first-order valence-electron chi connectivity index (χ1n) is 6.34. The SMILES string of the molecule is O=S(=O)(Cl)c1cc(Br)ccc1OCC1CCCCC1. The topological polar surface area (TPSA) is 43.4 Å². The highest BCUT2D eigenvalue weighted by atomic mass is 79.9. The molecule has 1 aromatic rings. The maximum atomic E-state index is 11.5. The first kappa shape index (κ1) is 15.1. The van der Waals surface area contributed by atoms with Gasteiger partial charge in [-0.3, -0.25) is 0 Å². The molecule has 19 heavy (non-hydrogen) atoms. The molecule has 0 unspecified atom stereocenters. The van der Waals surface area contributed by atoms with E-state index < -0.39 is 9.05 Å². The number of hydrogen-bond donors (Lipinski definition) is 0. The van der Waals surface area contributed by atoms with Gasteiger partial charge in [0, 0.05) is 15.2 Å². The van der Waals surface area contributed by atoms with Crippen LogP contribution in [0.3, 0.4) is 0 Å². The predicted molar refractivity (Wildman–Crippen MR) is 79.3 cm³/mol. The number of halogens is 2. The second-order valence-corrected chi connectivity index (χ2v) is 8.29. The van der Waals surface area contributed by atoms with Crippen molar-refractivity contribution in [1.29, 1.82) is 0 Å². The van der Waals surface area contributed by atoms with Gasteiger partial charge in [-0.05, 0) is 37.0 Å². The van der Waals surface area contributed by atoms with Gasteiger partial charge in [0.25, 0.3) is 9.05 Å². The Hall–Kier alpha value is -0.260. The number of hydrogen-bond acceptors (Lipinski definition) is 3. The van der Waals surface area contributed by atoms with Gasteiger partial charge in [0.1, 0.15) is 10.6 Å². The molecule has 6 heteroatoms. The Kier molecular flexibility index (Phi) is 5.15. The molecule has 106 valence electrons. The molecule has 0 radical (unpaired) electrons. The van der Waals surface area contributed by atoms with Crippen LogP contribution in [0.25, 0.3) is 0 Å². The fourth-order valence-electron chi connectivity index (χ4n) is 2.35. The summed E-state index contributed by atoms with van der Waals surface area (Å²) in [6, 6.07) is 4.86. The van der Waals surface area contributed by atoms with Crippen LogP contribution in [-0.2, 0) is 9.05 Å². The van der Waals surface area contributed by atoms with Crippen molar-refractivity contribution in [3.8, 4) is 5.75 Å². The summed E-state index contributed by atoms with van der Waals surface area (Å²) >= 11 is 3.24. The number of ether oxygens (including phenoxy) is 1. The van der Waals surface area contributed by atoms with E-state index in [2.05, 4.69) is 15.9 Å². The molecular formula is C13H16BrClO3S. The summed E-state index contributed by atoms with van der Waals surface area (Å²) in [5, 5.41) is 0. The lowest BCUT2D eigenvalue weighted by atomic mass is 9.90. The van der Waals surface area contributed by atoms with Crippen LogP contribution in [0.5, 0.6) is 5.75 Å². The first-order valence-corrected chi connectivity index (χ1v) is 9.44. The van der Waals surface area contributed by atoms with Crippen molar-refractivity contribution in [3.05, 3.63) is 22.7 Å². The molecule has 1 fully saturated rings. The molecule has 1 aliphatic rings. The van der Waals surface area contributed by atoms with Crippen LogP contribution in [0, 0.1) is 5.92 Å². The molecular weight excluding hydrogens is 352 g/mol. The van der Waals surface area contributed by atoms with Crippen LogP contribution >= 0.6 is 26.6 Å². The number of benzene rings is 1. The molecule has 0 spiro atoms. The summed E-state index contributed by atoms with van der Waals surface area (Å²) in [7, 11) is 1.64. The van der Waals surface area contributed by atoms with Gasteiger partial charge in [-0.1, -0.05) is 35.2 Å². The van der Waals surface area contributed by atoms with Crippen molar-refractivity contribution in [3.63, 3.8) is 0 Å². The van der Waals surface area contributed by atoms with Crippen molar-refractivity contribution in [2.75, 3.05) is 6.61 Å². The van der Waals surface area contributed by atoms with Crippen molar-refractivity contribution in [2.24, 2.45) is 5.92 Å². The second kappa shape index (κ2) is 6.46. The summed E-state index contributed by atoms with van der Waals surface area (Å²) in [5.74, 6) is 0.854. The molecule has 1 aliphatic carbocycles. The molecule has 0 aromatic heterocycles. The Labute approximate surface area is 126 Å². The molecule has 0 aliphatic heterocycles. The average molecular weight is 368 g/mol. The van der Waals surface area contributed by atoms with Gasteiger partial charge >= 0.3 is 0 Å².